The summed E-state index contributed by atoms with van der Waals surface area (Å²) < 4.78 is 2.20. The van der Waals surface area contributed by atoms with Crippen molar-refractivity contribution in [1.82, 2.24) is 9.55 Å². The van der Waals surface area contributed by atoms with Gasteiger partial charge in [0, 0.05) is 30.9 Å². The van der Waals surface area contributed by atoms with E-state index in [4.69, 9.17) is 5.73 Å². The Morgan fingerprint density at radius 3 is 2.50 bits per heavy atom. The van der Waals surface area contributed by atoms with Crippen LogP contribution in [0.25, 0.3) is 0 Å². The molecule has 1 aromatic heterocycles. The molecule has 0 saturated carbocycles. The summed E-state index contributed by atoms with van der Waals surface area (Å²) >= 11 is 0. The van der Waals surface area contributed by atoms with Gasteiger partial charge in [-0.3, -0.25) is 0 Å². The number of nitrogens with two attached hydrogens (primary N) is 1. The topological polar surface area (TPSA) is 43.8 Å². The second kappa shape index (κ2) is 6.23. The Labute approximate surface area is 121 Å². The molecule has 0 amide bonds. The van der Waals surface area contributed by atoms with Crippen LogP contribution in [0.15, 0.2) is 36.7 Å². The maximum absolute atomic E-state index is 6.53. The first-order valence-corrected chi connectivity index (χ1v) is 7.45. The number of hydrogen-bond acceptors (Lipinski definition) is 2. The normalized spacial score (nSPS) is 14.2. The predicted molar refractivity (Wildman–Crippen MR) is 83.6 cm³/mol. The molecule has 20 heavy (non-hydrogen) atoms. The molecule has 0 spiro atoms. The lowest BCUT2D eigenvalue weighted by Crippen LogP contribution is -2.36. The third-order valence-electron chi connectivity index (χ3n) is 3.81. The summed E-state index contributed by atoms with van der Waals surface area (Å²) in [4.78, 5) is 4.46. The zero-order chi connectivity index (χ0) is 14.6. The Kier molecular flexibility index (Phi) is 4.61. The van der Waals surface area contributed by atoms with Crippen molar-refractivity contribution in [2.75, 3.05) is 0 Å². The number of aromatic nitrogens is 2. The second-order valence-electron chi connectivity index (χ2n) is 5.68. The molecule has 2 N–H and O–H groups in total. The van der Waals surface area contributed by atoms with Gasteiger partial charge < -0.3 is 10.3 Å². The summed E-state index contributed by atoms with van der Waals surface area (Å²) in [6, 6.07) is 8.62. The SMILES string of the molecule is CCCn1ccnc1CC(C)(N)c1ccc(CC)cc1. The number of nitrogens with zero attached hydrogens (tertiary/aromatic N) is 2. The van der Waals surface area contributed by atoms with E-state index in [1.54, 1.807) is 0 Å². The van der Waals surface area contributed by atoms with E-state index in [-0.39, 0.29) is 5.54 Å². The molecule has 1 heterocycles. The first kappa shape index (κ1) is 14.8. The molecule has 3 heteroatoms. The number of rotatable bonds is 6. The molecular formula is C17H25N3. The highest BCUT2D eigenvalue weighted by atomic mass is 15.1. The monoisotopic (exact) mass is 271 g/mol. The van der Waals surface area contributed by atoms with Crippen molar-refractivity contribution in [3.05, 3.63) is 53.6 Å². The lowest BCUT2D eigenvalue weighted by molar-refractivity contribution is 0.461. The van der Waals surface area contributed by atoms with E-state index >= 15 is 0 Å². The van der Waals surface area contributed by atoms with Crippen LogP contribution in [0.2, 0.25) is 0 Å². The van der Waals surface area contributed by atoms with Gasteiger partial charge in [0.2, 0.25) is 0 Å². The van der Waals surface area contributed by atoms with Crippen molar-refractivity contribution in [1.29, 1.82) is 0 Å². The van der Waals surface area contributed by atoms with Gasteiger partial charge in [-0.25, -0.2) is 4.98 Å². The van der Waals surface area contributed by atoms with Gasteiger partial charge in [-0.15, -0.1) is 0 Å². The molecule has 1 unspecified atom stereocenters. The summed E-state index contributed by atoms with van der Waals surface area (Å²) in [5.74, 6) is 1.07. The lowest BCUT2D eigenvalue weighted by atomic mass is 9.88. The van der Waals surface area contributed by atoms with E-state index in [1.807, 2.05) is 12.4 Å². The molecule has 0 aliphatic heterocycles. The van der Waals surface area contributed by atoms with Crippen molar-refractivity contribution in [2.45, 2.75) is 52.1 Å². The van der Waals surface area contributed by atoms with Gasteiger partial charge in [-0.1, -0.05) is 38.1 Å². The van der Waals surface area contributed by atoms with Gasteiger partial charge in [0.05, 0.1) is 0 Å². The average molecular weight is 271 g/mol. The van der Waals surface area contributed by atoms with E-state index in [0.717, 1.165) is 31.6 Å². The minimum atomic E-state index is -0.386. The third kappa shape index (κ3) is 3.28. The molecule has 0 fully saturated rings. The van der Waals surface area contributed by atoms with Crippen LogP contribution < -0.4 is 5.73 Å². The Morgan fingerprint density at radius 2 is 1.90 bits per heavy atom. The molecular weight excluding hydrogens is 246 g/mol. The molecule has 0 bridgehead atoms. The van der Waals surface area contributed by atoms with E-state index < -0.39 is 0 Å². The van der Waals surface area contributed by atoms with Crippen LogP contribution in [0.1, 0.15) is 44.1 Å². The van der Waals surface area contributed by atoms with Crippen LogP contribution in [0.4, 0.5) is 0 Å². The Morgan fingerprint density at radius 1 is 1.20 bits per heavy atom. The van der Waals surface area contributed by atoms with Crippen LogP contribution in [0.3, 0.4) is 0 Å². The van der Waals surface area contributed by atoms with Gasteiger partial charge in [-0.05, 0) is 30.9 Å². The van der Waals surface area contributed by atoms with Crippen LogP contribution in [-0.2, 0) is 24.9 Å². The average Bonchev–Trinajstić information content (AvgIpc) is 2.86. The van der Waals surface area contributed by atoms with E-state index in [2.05, 4.69) is 54.6 Å². The lowest BCUT2D eigenvalue weighted by Gasteiger charge is -2.25. The zero-order valence-electron chi connectivity index (χ0n) is 12.8. The smallest absolute Gasteiger partial charge is 0.110 e. The fourth-order valence-corrected chi connectivity index (χ4v) is 2.50. The van der Waals surface area contributed by atoms with E-state index in [1.165, 1.54) is 11.1 Å². The minimum Gasteiger partial charge on any atom is -0.335 e. The fourth-order valence-electron chi connectivity index (χ4n) is 2.50. The van der Waals surface area contributed by atoms with Crippen molar-refractivity contribution in [3.8, 4) is 0 Å². The Hall–Kier alpha value is -1.61. The Balaban J connectivity index is 2.18. The molecule has 0 saturated heterocycles. The van der Waals surface area contributed by atoms with Gasteiger partial charge in [0.15, 0.2) is 0 Å². The molecule has 1 aromatic carbocycles. The summed E-state index contributed by atoms with van der Waals surface area (Å²) in [7, 11) is 0. The highest BCUT2D eigenvalue weighted by Gasteiger charge is 2.23. The number of benzene rings is 1. The maximum Gasteiger partial charge on any atom is 0.110 e. The molecule has 3 nitrogen and oxygen atoms in total. The van der Waals surface area contributed by atoms with Gasteiger partial charge in [-0.2, -0.15) is 0 Å². The molecule has 108 valence electrons. The molecule has 0 aliphatic carbocycles. The van der Waals surface area contributed by atoms with Gasteiger partial charge in [0.1, 0.15) is 5.82 Å². The first-order chi connectivity index (χ1) is 9.56. The number of aryl methyl sites for hydroxylation is 2. The van der Waals surface area contributed by atoms with Crippen LogP contribution in [-0.4, -0.2) is 9.55 Å². The summed E-state index contributed by atoms with van der Waals surface area (Å²) in [6.07, 6.45) is 6.82. The molecule has 0 aliphatic rings. The van der Waals surface area contributed by atoms with Crippen molar-refractivity contribution in [3.63, 3.8) is 0 Å². The minimum absolute atomic E-state index is 0.386. The molecule has 1 atom stereocenters. The van der Waals surface area contributed by atoms with Crippen LogP contribution in [0.5, 0.6) is 0 Å². The Bertz CT molecular complexity index is 538. The van der Waals surface area contributed by atoms with Crippen molar-refractivity contribution < 1.29 is 0 Å². The van der Waals surface area contributed by atoms with Gasteiger partial charge in [0.25, 0.3) is 0 Å². The maximum atomic E-state index is 6.53. The van der Waals surface area contributed by atoms with Crippen molar-refractivity contribution >= 4 is 0 Å². The summed E-state index contributed by atoms with van der Waals surface area (Å²) in [5.41, 5.74) is 8.66. The summed E-state index contributed by atoms with van der Waals surface area (Å²) in [6.45, 7) is 7.42. The second-order valence-corrected chi connectivity index (χ2v) is 5.68. The van der Waals surface area contributed by atoms with Gasteiger partial charge >= 0.3 is 0 Å². The summed E-state index contributed by atoms with van der Waals surface area (Å²) in [5, 5.41) is 0. The fraction of sp³-hybridized carbons (Fsp3) is 0.471. The number of imidazole rings is 1. The molecule has 2 aromatic rings. The van der Waals surface area contributed by atoms with Crippen molar-refractivity contribution in [2.24, 2.45) is 5.73 Å². The molecule has 2 rings (SSSR count). The highest BCUT2D eigenvalue weighted by molar-refractivity contribution is 5.28. The number of hydrogen-bond donors (Lipinski definition) is 1. The van der Waals surface area contributed by atoms with Crippen LogP contribution >= 0.6 is 0 Å². The van der Waals surface area contributed by atoms with Crippen LogP contribution in [0, 0.1) is 0 Å². The third-order valence-corrected chi connectivity index (χ3v) is 3.81. The largest absolute Gasteiger partial charge is 0.335 e. The van der Waals surface area contributed by atoms with E-state index in [9.17, 15) is 0 Å². The molecule has 0 radical (unpaired) electrons. The highest BCUT2D eigenvalue weighted by Crippen LogP contribution is 2.23. The first-order valence-electron chi connectivity index (χ1n) is 7.45. The zero-order valence-corrected chi connectivity index (χ0v) is 12.8. The standard InChI is InChI=1S/C17H25N3/c1-4-11-20-12-10-19-16(20)13-17(3,18)15-8-6-14(5-2)7-9-15/h6-10,12H,4-5,11,13,18H2,1-3H3. The van der Waals surface area contributed by atoms with E-state index in [0.29, 0.717) is 0 Å². The predicted octanol–water partition coefficient (Wildman–Crippen LogP) is 3.27. The quantitative estimate of drug-likeness (QED) is 0.876.